The molecule has 0 unspecified atom stereocenters. The molecule has 3 heteroatoms. The minimum absolute atomic E-state index is 0.665. The van der Waals surface area contributed by atoms with Crippen molar-refractivity contribution in [2.75, 3.05) is 4.43 Å². The summed E-state index contributed by atoms with van der Waals surface area (Å²) in [7, 11) is 0. The highest BCUT2D eigenvalue weighted by atomic mass is 127. The van der Waals surface area contributed by atoms with Crippen LogP contribution in [0.1, 0.15) is 16.7 Å². The Morgan fingerprint density at radius 3 is 1.88 bits per heavy atom. The summed E-state index contributed by atoms with van der Waals surface area (Å²) in [6.07, 6.45) is 0. The Bertz CT molecular complexity index is 835. The highest BCUT2D eigenvalue weighted by Gasteiger charge is 2.43. The maximum absolute atomic E-state index is 6.56. The van der Waals surface area contributed by atoms with E-state index in [1.807, 2.05) is 24.3 Å². The van der Waals surface area contributed by atoms with E-state index in [1.165, 1.54) is 0 Å². The summed E-state index contributed by atoms with van der Waals surface area (Å²) in [6.45, 7) is 0. The van der Waals surface area contributed by atoms with E-state index in [-0.39, 0.29) is 0 Å². The molecule has 0 amide bonds. The molecule has 1 heterocycles. The Labute approximate surface area is 155 Å². The number of hydrogen-bond donors (Lipinski definition) is 0. The number of rotatable bonds is 3. The molecule has 118 valence electrons. The van der Waals surface area contributed by atoms with Gasteiger partial charge in [0.1, 0.15) is 0 Å². The first-order valence-corrected chi connectivity index (χ1v) is 9.40. The molecule has 1 aliphatic heterocycles. The number of aliphatic imine (C=N–C) groups is 1. The zero-order chi connectivity index (χ0) is 16.4. The molecule has 3 aromatic rings. The third kappa shape index (κ3) is 2.44. The van der Waals surface area contributed by atoms with Crippen molar-refractivity contribution in [1.29, 1.82) is 0 Å². The van der Waals surface area contributed by atoms with Crippen LogP contribution < -0.4 is 0 Å². The normalized spacial score (nSPS) is 15.1. The van der Waals surface area contributed by atoms with Gasteiger partial charge in [-0.25, -0.2) is 4.99 Å². The van der Waals surface area contributed by atoms with Gasteiger partial charge in [-0.1, -0.05) is 101 Å². The Balaban J connectivity index is 2.06. The maximum atomic E-state index is 6.56. The molecule has 0 aliphatic carbocycles. The van der Waals surface area contributed by atoms with Crippen molar-refractivity contribution in [3.8, 4) is 0 Å². The van der Waals surface area contributed by atoms with E-state index in [4.69, 9.17) is 9.73 Å². The summed E-state index contributed by atoms with van der Waals surface area (Å²) in [5, 5.41) is 0. The number of hydrogen-bond acceptors (Lipinski definition) is 2. The molecule has 0 N–H and O–H groups in total. The van der Waals surface area contributed by atoms with Crippen molar-refractivity contribution < 1.29 is 4.74 Å². The first-order valence-electron chi connectivity index (χ1n) is 7.87. The van der Waals surface area contributed by atoms with Gasteiger partial charge in [-0.15, -0.1) is 0 Å². The van der Waals surface area contributed by atoms with Gasteiger partial charge in [-0.3, -0.25) is 0 Å². The minimum Gasteiger partial charge on any atom is -0.459 e. The molecule has 4 rings (SSSR count). The van der Waals surface area contributed by atoms with Crippen molar-refractivity contribution in [2.45, 2.75) is 5.60 Å². The van der Waals surface area contributed by atoms with Crippen molar-refractivity contribution in [2.24, 2.45) is 4.99 Å². The van der Waals surface area contributed by atoms with E-state index in [2.05, 4.69) is 83.3 Å². The number of alkyl halides is 1. The first kappa shape index (κ1) is 15.4. The van der Waals surface area contributed by atoms with E-state index in [0.717, 1.165) is 32.7 Å². The molecule has 0 fully saturated rings. The zero-order valence-electron chi connectivity index (χ0n) is 13.0. The van der Waals surface area contributed by atoms with E-state index in [1.54, 1.807) is 0 Å². The Hall–Kier alpha value is -2.14. The number of halogens is 1. The van der Waals surface area contributed by atoms with Gasteiger partial charge in [0.2, 0.25) is 0 Å². The molecule has 24 heavy (non-hydrogen) atoms. The first-order chi connectivity index (χ1) is 11.8. The van der Waals surface area contributed by atoms with Crippen molar-refractivity contribution in [1.82, 2.24) is 0 Å². The van der Waals surface area contributed by atoms with Crippen LogP contribution in [0.25, 0.3) is 0 Å². The number of para-hydroxylation sites is 1. The lowest BCUT2D eigenvalue weighted by atomic mass is 9.79. The lowest BCUT2D eigenvalue weighted by Crippen LogP contribution is -2.37. The molecule has 0 saturated carbocycles. The van der Waals surface area contributed by atoms with Crippen LogP contribution in [0.2, 0.25) is 0 Å². The highest BCUT2D eigenvalue weighted by molar-refractivity contribution is 14.1. The predicted octanol–water partition coefficient (Wildman–Crippen LogP) is 5.47. The average Bonchev–Trinajstić information content (AvgIpc) is 2.68. The number of fused-ring (bicyclic) bond motifs is 1. The Kier molecular flexibility index (Phi) is 4.10. The number of nitrogens with zero attached hydrogens (tertiary/aromatic N) is 1. The van der Waals surface area contributed by atoms with Crippen molar-refractivity contribution in [3.05, 3.63) is 102 Å². The molecule has 2 nitrogen and oxygen atoms in total. The van der Waals surface area contributed by atoms with E-state index >= 15 is 0 Å². The van der Waals surface area contributed by atoms with E-state index in [9.17, 15) is 0 Å². The molecule has 0 radical (unpaired) electrons. The molecule has 0 spiro atoms. The molecule has 0 atom stereocenters. The number of benzene rings is 3. The Morgan fingerprint density at radius 1 is 0.750 bits per heavy atom. The predicted molar refractivity (Wildman–Crippen MR) is 106 cm³/mol. The third-order valence-electron chi connectivity index (χ3n) is 4.27. The van der Waals surface area contributed by atoms with Crippen LogP contribution in [0.15, 0.2) is 89.9 Å². The number of ether oxygens (including phenoxy) is 1. The van der Waals surface area contributed by atoms with Crippen LogP contribution >= 0.6 is 22.6 Å². The van der Waals surface area contributed by atoms with Gasteiger partial charge >= 0.3 is 0 Å². The van der Waals surface area contributed by atoms with Gasteiger partial charge in [-0.05, 0) is 6.07 Å². The van der Waals surface area contributed by atoms with E-state index < -0.39 is 5.60 Å². The van der Waals surface area contributed by atoms with Crippen LogP contribution in [0, 0.1) is 0 Å². The fourth-order valence-corrected chi connectivity index (χ4v) is 3.58. The largest absolute Gasteiger partial charge is 0.459 e. The smallest absolute Gasteiger partial charge is 0.200 e. The summed E-state index contributed by atoms with van der Waals surface area (Å²) in [4.78, 5) is 4.70. The summed E-state index contributed by atoms with van der Waals surface area (Å²) >= 11 is 2.31. The lowest BCUT2D eigenvalue weighted by Gasteiger charge is -2.39. The fraction of sp³-hybridized carbons (Fsp3) is 0.0952. The molecule has 3 aromatic carbocycles. The molecule has 0 bridgehead atoms. The van der Waals surface area contributed by atoms with Crippen LogP contribution in [-0.4, -0.2) is 10.3 Å². The second-order valence-electron chi connectivity index (χ2n) is 5.67. The zero-order valence-corrected chi connectivity index (χ0v) is 15.2. The Morgan fingerprint density at radius 2 is 1.29 bits per heavy atom. The lowest BCUT2D eigenvalue weighted by molar-refractivity contribution is 0.136. The minimum atomic E-state index is -0.665. The average molecular weight is 425 g/mol. The topological polar surface area (TPSA) is 21.6 Å². The van der Waals surface area contributed by atoms with E-state index in [0.29, 0.717) is 0 Å². The SMILES string of the molecule is ICC1=Nc2ccccc2C(c2ccccc2)(c2ccccc2)O1. The highest BCUT2D eigenvalue weighted by Crippen LogP contribution is 2.47. The van der Waals surface area contributed by atoms with Crippen LogP contribution in [0.4, 0.5) is 5.69 Å². The molecule has 1 aliphatic rings. The van der Waals surface area contributed by atoms with Gasteiger partial charge in [0.25, 0.3) is 0 Å². The van der Waals surface area contributed by atoms with Crippen LogP contribution in [0.3, 0.4) is 0 Å². The van der Waals surface area contributed by atoms with Crippen molar-refractivity contribution >= 4 is 34.2 Å². The van der Waals surface area contributed by atoms with Gasteiger partial charge < -0.3 is 4.74 Å². The van der Waals surface area contributed by atoms with Gasteiger partial charge in [-0.2, -0.15) is 0 Å². The monoisotopic (exact) mass is 425 g/mol. The van der Waals surface area contributed by atoms with Gasteiger partial charge in [0.05, 0.1) is 10.1 Å². The summed E-state index contributed by atoms with van der Waals surface area (Å²) in [5.74, 6) is 0.752. The van der Waals surface area contributed by atoms with Gasteiger partial charge in [0, 0.05) is 16.7 Å². The standard InChI is InChI=1S/C21H16INO/c22-15-20-23-19-14-8-7-13-18(19)21(24-20,16-9-3-1-4-10-16)17-11-5-2-6-12-17/h1-14H,15H2. The van der Waals surface area contributed by atoms with Crippen LogP contribution in [0.5, 0.6) is 0 Å². The van der Waals surface area contributed by atoms with Crippen LogP contribution in [-0.2, 0) is 10.3 Å². The van der Waals surface area contributed by atoms with Crippen molar-refractivity contribution in [3.63, 3.8) is 0 Å². The summed E-state index contributed by atoms with van der Waals surface area (Å²) < 4.78 is 7.29. The van der Waals surface area contributed by atoms with Gasteiger partial charge in [0.15, 0.2) is 11.5 Å². The molecular weight excluding hydrogens is 409 g/mol. The molecule has 0 aromatic heterocycles. The second kappa shape index (κ2) is 6.40. The quantitative estimate of drug-likeness (QED) is 0.403. The summed E-state index contributed by atoms with van der Waals surface area (Å²) in [6, 6.07) is 29.0. The molecule has 0 saturated heterocycles. The second-order valence-corrected chi connectivity index (χ2v) is 6.43. The third-order valence-corrected chi connectivity index (χ3v) is 4.93. The molecular formula is C21H16INO. The maximum Gasteiger partial charge on any atom is 0.200 e. The summed E-state index contributed by atoms with van der Waals surface area (Å²) in [5.41, 5.74) is 3.61. The fourth-order valence-electron chi connectivity index (χ4n) is 3.26.